The molecule has 0 fully saturated rings. The summed E-state index contributed by atoms with van der Waals surface area (Å²) in [6, 6.07) is 15.3. The SMILES string of the molecule is O=C(/C=C/c1ccc(-c2ccccc2Br)o1)c1cccs1. The van der Waals surface area contributed by atoms with Crippen LogP contribution >= 0.6 is 27.3 Å². The van der Waals surface area contributed by atoms with Gasteiger partial charge in [0, 0.05) is 10.0 Å². The number of ketones is 1. The number of allylic oxidation sites excluding steroid dienone is 1. The van der Waals surface area contributed by atoms with Gasteiger partial charge in [0.1, 0.15) is 11.5 Å². The van der Waals surface area contributed by atoms with Crippen LogP contribution in [0.4, 0.5) is 0 Å². The lowest BCUT2D eigenvalue weighted by Gasteiger charge is -1.99. The Morgan fingerprint density at radius 3 is 2.71 bits per heavy atom. The first kappa shape index (κ1) is 14.0. The molecule has 0 radical (unpaired) electrons. The van der Waals surface area contributed by atoms with Crippen LogP contribution in [-0.4, -0.2) is 5.78 Å². The van der Waals surface area contributed by atoms with E-state index in [-0.39, 0.29) is 5.78 Å². The molecule has 0 saturated heterocycles. The van der Waals surface area contributed by atoms with Crippen molar-refractivity contribution in [3.8, 4) is 11.3 Å². The first-order valence-electron chi connectivity index (χ1n) is 6.35. The number of carbonyl (C=O) groups is 1. The monoisotopic (exact) mass is 358 g/mol. The van der Waals surface area contributed by atoms with E-state index in [0.29, 0.717) is 5.76 Å². The highest BCUT2D eigenvalue weighted by molar-refractivity contribution is 9.10. The van der Waals surface area contributed by atoms with Crippen LogP contribution < -0.4 is 0 Å². The smallest absolute Gasteiger partial charge is 0.195 e. The molecule has 0 unspecified atom stereocenters. The predicted octanol–water partition coefficient (Wildman–Crippen LogP) is 5.67. The number of benzene rings is 1. The van der Waals surface area contributed by atoms with Crippen LogP contribution in [0.1, 0.15) is 15.4 Å². The molecule has 0 spiro atoms. The molecule has 2 aromatic heterocycles. The summed E-state index contributed by atoms with van der Waals surface area (Å²) in [6.45, 7) is 0. The number of hydrogen-bond acceptors (Lipinski definition) is 3. The second-order valence-corrected chi connectivity index (χ2v) is 6.16. The Balaban J connectivity index is 1.80. The van der Waals surface area contributed by atoms with E-state index < -0.39 is 0 Å². The van der Waals surface area contributed by atoms with Crippen molar-refractivity contribution in [3.05, 3.63) is 75.1 Å². The molecule has 104 valence electrons. The van der Waals surface area contributed by atoms with Gasteiger partial charge in [0.05, 0.1) is 4.88 Å². The third-order valence-corrected chi connectivity index (χ3v) is 4.51. The predicted molar refractivity (Wildman–Crippen MR) is 89.5 cm³/mol. The summed E-state index contributed by atoms with van der Waals surface area (Å²) < 4.78 is 6.73. The van der Waals surface area contributed by atoms with Crippen LogP contribution in [0.25, 0.3) is 17.4 Å². The molecular formula is C17H11BrO2S. The largest absolute Gasteiger partial charge is 0.457 e. The van der Waals surface area contributed by atoms with Gasteiger partial charge in [0.2, 0.25) is 0 Å². The van der Waals surface area contributed by atoms with Gasteiger partial charge in [-0.1, -0.05) is 40.2 Å². The maximum atomic E-state index is 11.9. The molecule has 4 heteroatoms. The Labute approximate surface area is 134 Å². The van der Waals surface area contributed by atoms with E-state index in [9.17, 15) is 4.79 Å². The van der Waals surface area contributed by atoms with Gasteiger partial charge in [-0.25, -0.2) is 0 Å². The fourth-order valence-electron chi connectivity index (χ4n) is 1.91. The molecule has 0 atom stereocenters. The molecule has 3 rings (SSSR count). The van der Waals surface area contributed by atoms with E-state index in [1.165, 1.54) is 17.4 Å². The van der Waals surface area contributed by atoms with Crippen LogP contribution in [0.3, 0.4) is 0 Å². The third kappa shape index (κ3) is 3.23. The van der Waals surface area contributed by atoms with Gasteiger partial charge in [-0.3, -0.25) is 4.79 Å². The van der Waals surface area contributed by atoms with Gasteiger partial charge in [0.15, 0.2) is 5.78 Å². The molecule has 2 nitrogen and oxygen atoms in total. The maximum absolute atomic E-state index is 11.9. The fourth-order valence-corrected chi connectivity index (χ4v) is 3.03. The van der Waals surface area contributed by atoms with Crippen LogP contribution in [0.2, 0.25) is 0 Å². The average molecular weight is 359 g/mol. The van der Waals surface area contributed by atoms with Gasteiger partial charge in [-0.15, -0.1) is 11.3 Å². The van der Waals surface area contributed by atoms with Crippen molar-refractivity contribution in [2.24, 2.45) is 0 Å². The summed E-state index contributed by atoms with van der Waals surface area (Å²) in [5, 5.41) is 1.89. The van der Waals surface area contributed by atoms with Crippen molar-refractivity contribution in [3.63, 3.8) is 0 Å². The van der Waals surface area contributed by atoms with Gasteiger partial charge in [-0.2, -0.15) is 0 Å². The number of carbonyl (C=O) groups excluding carboxylic acids is 1. The summed E-state index contributed by atoms with van der Waals surface area (Å²) in [5.41, 5.74) is 0.988. The molecule has 21 heavy (non-hydrogen) atoms. The van der Waals surface area contributed by atoms with Crippen LogP contribution in [-0.2, 0) is 0 Å². The van der Waals surface area contributed by atoms with Crippen molar-refractivity contribution < 1.29 is 9.21 Å². The van der Waals surface area contributed by atoms with Gasteiger partial charge < -0.3 is 4.42 Å². The van der Waals surface area contributed by atoms with Crippen LogP contribution in [0.5, 0.6) is 0 Å². The molecule has 0 amide bonds. The van der Waals surface area contributed by atoms with Gasteiger partial charge in [0.25, 0.3) is 0 Å². The van der Waals surface area contributed by atoms with Crippen molar-refractivity contribution in [1.82, 2.24) is 0 Å². The number of halogens is 1. The van der Waals surface area contributed by atoms with Crippen molar-refractivity contribution in [2.45, 2.75) is 0 Å². The lowest BCUT2D eigenvalue weighted by Crippen LogP contribution is -1.88. The van der Waals surface area contributed by atoms with E-state index in [4.69, 9.17) is 4.42 Å². The van der Waals surface area contributed by atoms with Gasteiger partial charge in [-0.05, 0) is 41.8 Å². The summed E-state index contributed by atoms with van der Waals surface area (Å²) >= 11 is 4.93. The normalized spacial score (nSPS) is 11.1. The lowest BCUT2D eigenvalue weighted by atomic mass is 10.2. The molecule has 0 aliphatic carbocycles. The first-order valence-corrected chi connectivity index (χ1v) is 8.02. The Morgan fingerprint density at radius 1 is 1.10 bits per heavy atom. The highest BCUT2D eigenvalue weighted by atomic mass is 79.9. The summed E-state index contributed by atoms with van der Waals surface area (Å²) in [6.07, 6.45) is 3.23. The van der Waals surface area contributed by atoms with E-state index in [1.54, 1.807) is 6.08 Å². The number of rotatable bonds is 4. The third-order valence-electron chi connectivity index (χ3n) is 2.93. The zero-order valence-electron chi connectivity index (χ0n) is 11.0. The second kappa shape index (κ2) is 6.24. The standard InChI is InChI=1S/C17H11BrO2S/c18-14-5-2-1-4-13(14)16-10-8-12(20-16)7-9-15(19)17-6-3-11-21-17/h1-11H/b9-7+. The molecule has 3 aromatic rings. The Morgan fingerprint density at radius 2 is 1.95 bits per heavy atom. The molecule has 0 saturated carbocycles. The molecule has 1 aromatic carbocycles. The highest BCUT2D eigenvalue weighted by Crippen LogP contribution is 2.29. The molecular weight excluding hydrogens is 348 g/mol. The molecule has 0 aliphatic rings. The average Bonchev–Trinajstić information content (AvgIpc) is 3.17. The first-order chi connectivity index (χ1) is 10.2. The lowest BCUT2D eigenvalue weighted by molar-refractivity contribution is 0.105. The number of thiophene rings is 1. The van der Waals surface area contributed by atoms with E-state index in [1.807, 2.05) is 53.9 Å². The minimum absolute atomic E-state index is 0.0103. The second-order valence-electron chi connectivity index (χ2n) is 4.36. The summed E-state index contributed by atoms with van der Waals surface area (Å²) in [7, 11) is 0. The van der Waals surface area contributed by atoms with Crippen molar-refractivity contribution in [1.29, 1.82) is 0 Å². The summed E-state index contributed by atoms with van der Waals surface area (Å²) in [5.74, 6) is 1.42. The van der Waals surface area contributed by atoms with E-state index >= 15 is 0 Å². The van der Waals surface area contributed by atoms with Crippen LogP contribution in [0.15, 0.2) is 68.9 Å². The maximum Gasteiger partial charge on any atom is 0.195 e. The van der Waals surface area contributed by atoms with Crippen molar-refractivity contribution in [2.75, 3.05) is 0 Å². The minimum Gasteiger partial charge on any atom is -0.457 e. The minimum atomic E-state index is -0.0103. The Bertz CT molecular complexity index is 785. The quantitative estimate of drug-likeness (QED) is 0.444. The van der Waals surface area contributed by atoms with E-state index in [0.717, 1.165) is 20.7 Å². The van der Waals surface area contributed by atoms with Gasteiger partial charge >= 0.3 is 0 Å². The Kier molecular flexibility index (Phi) is 4.18. The molecule has 0 aliphatic heterocycles. The fraction of sp³-hybridized carbons (Fsp3) is 0. The molecule has 0 N–H and O–H groups in total. The van der Waals surface area contributed by atoms with Crippen LogP contribution in [0, 0.1) is 0 Å². The highest BCUT2D eigenvalue weighted by Gasteiger charge is 2.07. The van der Waals surface area contributed by atoms with E-state index in [2.05, 4.69) is 15.9 Å². The molecule has 0 bridgehead atoms. The zero-order chi connectivity index (χ0) is 14.7. The Hall–Kier alpha value is -1.91. The van der Waals surface area contributed by atoms with Crippen molar-refractivity contribution >= 4 is 39.1 Å². The number of hydrogen-bond donors (Lipinski definition) is 0. The molecule has 2 heterocycles. The topological polar surface area (TPSA) is 30.2 Å². The summed E-state index contributed by atoms with van der Waals surface area (Å²) in [4.78, 5) is 12.6. The number of furan rings is 1. The zero-order valence-corrected chi connectivity index (χ0v) is 13.4.